The molecule has 0 fully saturated rings. The summed E-state index contributed by atoms with van der Waals surface area (Å²) in [6.07, 6.45) is 2.28. The van der Waals surface area contributed by atoms with E-state index in [1.807, 2.05) is 27.7 Å². The maximum Gasteiger partial charge on any atom is -0.0307 e. The van der Waals surface area contributed by atoms with Crippen molar-refractivity contribution in [1.29, 1.82) is 0 Å². The SMILES string of the molecule is C.C.CC.CC.CCc1ccc(C)cc1.CCc1ccc(C)cc1. The van der Waals surface area contributed by atoms with Crippen LogP contribution in [0.3, 0.4) is 0 Å². The van der Waals surface area contributed by atoms with Gasteiger partial charge >= 0.3 is 0 Å². The standard InChI is InChI=1S/2C9H12.2C2H6.2CH4/c2*1-3-9-6-4-8(2)5-7-9;2*1-2;;/h2*4-7H,3H2,1-2H3;2*1-2H3;2*1H4. The van der Waals surface area contributed by atoms with Gasteiger partial charge in [-0.3, -0.25) is 0 Å². The first-order chi connectivity index (χ1) is 10.7. The summed E-state index contributed by atoms with van der Waals surface area (Å²) in [5.41, 5.74) is 5.51. The molecule has 0 radical (unpaired) electrons. The minimum atomic E-state index is 0. The summed E-state index contributed by atoms with van der Waals surface area (Å²) in [7, 11) is 0. The first-order valence-corrected chi connectivity index (χ1v) is 8.76. The minimum Gasteiger partial charge on any atom is -0.0776 e. The van der Waals surface area contributed by atoms with Gasteiger partial charge in [0.25, 0.3) is 0 Å². The molecule has 0 spiro atoms. The zero-order valence-corrected chi connectivity index (χ0v) is 16.0. The van der Waals surface area contributed by atoms with E-state index in [1.165, 1.54) is 22.3 Å². The lowest BCUT2D eigenvalue weighted by molar-refractivity contribution is 1.14. The fourth-order valence-corrected chi connectivity index (χ4v) is 1.65. The molecule has 140 valence electrons. The fraction of sp³-hybridized carbons (Fsp3) is 0.500. The summed E-state index contributed by atoms with van der Waals surface area (Å²) < 4.78 is 0. The monoisotopic (exact) mass is 332 g/mol. The van der Waals surface area contributed by atoms with Gasteiger partial charge in [-0.1, -0.05) is 116 Å². The molecule has 0 saturated heterocycles. The van der Waals surface area contributed by atoms with E-state index in [-0.39, 0.29) is 14.9 Å². The molecule has 0 atom stereocenters. The maximum absolute atomic E-state index is 2.18. The third kappa shape index (κ3) is 15.3. The summed E-state index contributed by atoms with van der Waals surface area (Å²) in [4.78, 5) is 0. The van der Waals surface area contributed by atoms with E-state index in [4.69, 9.17) is 0 Å². The number of hydrogen-bond donors (Lipinski definition) is 0. The fourth-order valence-electron chi connectivity index (χ4n) is 1.65. The average Bonchev–Trinajstić information content (AvgIpc) is 2.60. The van der Waals surface area contributed by atoms with Crippen LogP contribution in [0.1, 0.15) is 78.6 Å². The van der Waals surface area contributed by atoms with Gasteiger partial charge in [-0.2, -0.15) is 0 Å². The predicted octanol–water partition coefficient (Wildman–Crippen LogP) is 8.44. The van der Waals surface area contributed by atoms with Gasteiger partial charge in [0.15, 0.2) is 0 Å². The molecule has 0 nitrogen and oxygen atoms in total. The number of benzene rings is 2. The predicted molar refractivity (Wildman–Crippen MR) is 117 cm³/mol. The minimum absolute atomic E-state index is 0. The van der Waals surface area contributed by atoms with Crippen molar-refractivity contribution in [2.75, 3.05) is 0 Å². The van der Waals surface area contributed by atoms with Crippen LogP contribution in [0.2, 0.25) is 0 Å². The number of hydrogen-bond acceptors (Lipinski definition) is 0. The van der Waals surface area contributed by atoms with Crippen LogP contribution in [-0.4, -0.2) is 0 Å². The molecule has 0 bridgehead atoms. The Morgan fingerprint density at radius 3 is 0.875 bits per heavy atom. The van der Waals surface area contributed by atoms with Crippen molar-refractivity contribution in [2.24, 2.45) is 0 Å². The molecule has 0 unspecified atom stereocenters. The molecule has 0 N–H and O–H groups in total. The molecule has 0 saturated carbocycles. The van der Waals surface area contributed by atoms with Gasteiger partial charge in [0.1, 0.15) is 0 Å². The van der Waals surface area contributed by atoms with E-state index in [0.717, 1.165) is 12.8 Å². The lowest BCUT2D eigenvalue weighted by Gasteiger charge is -1.94. The summed E-state index contributed by atoms with van der Waals surface area (Å²) in [6, 6.07) is 17.3. The maximum atomic E-state index is 2.18. The molecule has 0 aliphatic heterocycles. The van der Waals surface area contributed by atoms with Crippen LogP contribution in [0.25, 0.3) is 0 Å². The van der Waals surface area contributed by atoms with Crippen molar-refractivity contribution >= 4 is 0 Å². The Labute approximate surface area is 154 Å². The molecular formula is C24H44. The summed E-state index contributed by atoms with van der Waals surface area (Å²) in [6.45, 7) is 16.6. The molecule has 24 heavy (non-hydrogen) atoms. The Hall–Kier alpha value is -1.56. The highest BCUT2D eigenvalue weighted by Crippen LogP contribution is 2.03. The van der Waals surface area contributed by atoms with E-state index >= 15 is 0 Å². The Kier molecular flexibility index (Phi) is 27.1. The second kappa shape index (κ2) is 21.4. The highest BCUT2D eigenvalue weighted by atomic mass is 13.9. The van der Waals surface area contributed by atoms with Crippen molar-refractivity contribution < 1.29 is 0 Å². The van der Waals surface area contributed by atoms with Gasteiger partial charge < -0.3 is 0 Å². The van der Waals surface area contributed by atoms with E-state index < -0.39 is 0 Å². The van der Waals surface area contributed by atoms with Crippen molar-refractivity contribution in [2.45, 2.75) is 83.1 Å². The summed E-state index contributed by atoms with van der Waals surface area (Å²) in [5.74, 6) is 0. The first-order valence-electron chi connectivity index (χ1n) is 8.76. The lowest BCUT2D eigenvalue weighted by Crippen LogP contribution is -1.77. The highest BCUT2D eigenvalue weighted by Gasteiger charge is 1.85. The smallest absolute Gasteiger partial charge is 0.0307 e. The number of aryl methyl sites for hydroxylation is 4. The van der Waals surface area contributed by atoms with E-state index in [0.29, 0.717) is 0 Å². The molecule has 2 rings (SSSR count). The van der Waals surface area contributed by atoms with Crippen molar-refractivity contribution in [3.05, 3.63) is 70.8 Å². The Morgan fingerprint density at radius 2 is 0.708 bits per heavy atom. The van der Waals surface area contributed by atoms with Gasteiger partial charge in [-0.05, 0) is 37.8 Å². The van der Waals surface area contributed by atoms with Crippen LogP contribution in [0, 0.1) is 13.8 Å². The van der Waals surface area contributed by atoms with Crippen LogP contribution in [0.5, 0.6) is 0 Å². The third-order valence-electron chi connectivity index (χ3n) is 3.06. The molecule has 0 aromatic heterocycles. The second-order valence-corrected chi connectivity index (χ2v) is 4.68. The normalized spacial score (nSPS) is 7.67. The van der Waals surface area contributed by atoms with Crippen LogP contribution in [0.15, 0.2) is 48.5 Å². The van der Waals surface area contributed by atoms with Gasteiger partial charge in [0.2, 0.25) is 0 Å². The van der Waals surface area contributed by atoms with Gasteiger partial charge in [-0.25, -0.2) is 0 Å². The molecule has 0 aliphatic rings. The van der Waals surface area contributed by atoms with Crippen molar-refractivity contribution in [3.8, 4) is 0 Å². The van der Waals surface area contributed by atoms with Crippen LogP contribution < -0.4 is 0 Å². The second-order valence-electron chi connectivity index (χ2n) is 4.68. The van der Waals surface area contributed by atoms with E-state index in [2.05, 4.69) is 76.2 Å². The number of rotatable bonds is 2. The van der Waals surface area contributed by atoms with Gasteiger partial charge in [0.05, 0.1) is 0 Å². The lowest BCUT2D eigenvalue weighted by atomic mass is 10.1. The van der Waals surface area contributed by atoms with Gasteiger partial charge in [0, 0.05) is 0 Å². The molecule has 0 aliphatic carbocycles. The first kappa shape index (κ1) is 30.3. The van der Waals surface area contributed by atoms with Crippen LogP contribution in [-0.2, 0) is 12.8 Å². The molecule has 2 aromatic rings. The van der Waals surface area contributed by atoms with Crippen LogP contribution >= 0.6 is 0 Å². The Bertz CT molecular complexity index is 389. The molecule has 0 amide bonds. The van der Waals surface area contributed by atoms with Crippen molar-refractivity contribution in [1.82, 2.24) is 0 Å². The molecule has 0 heterocycles. The van der Waals surface area contributed by atoms with Crippen molar-refractivity contribution in [3.63, 3.8) is 0 Å². The zero-order valence-electron chi connectivity index (χ0n) is 16.0. The third-order valence-corrected chi connectivity index (χ3v) is 3.06. The van der Waals surface area contributed by atoms with E-state index in [9.17, 15) is 0 Å². The zero-order chi connectivity index (χ0) is 17.4. The molecule has 2 aromatic carbocycles. The van der Waals surface area contributed by atoms with E-state index in [1.54, 1.807) is 0 Å². The Balaban J connectivity index is -0.000000129. The van der Waals surface area contributed by atoms with Gasteiger partial charge in [-0.15, -0.1) is 0 Å². The summed E-state index contributed by atoms with van der Waals surface area (Å²) in [5, 5.41) is 0. The summed E-state index contributed by atoms with van der Waals surface area (Å²) >= 11 is 0. The topological polar surface area (TPSA) is 0 Å². The molecular weight excluding hydrogens is 288 g/mol. The average molecular weight is 333 g/mol. The van der Waals surface area contributed by atoms with Crippen LogP contribution in [0.4, 0.5) is 0 Å². The Morgan fingerprint density at radius 1 is 0.500 bits per heavy atom. The highest BCUT2D eigenvalue weighted by molar-refractivity contribution is 5.21. The molecule has 0 heteroatoms. The largest absolute Gasteiger partial charge is 0.0776 e. The quantitative estimate of drug-likeness (QED) is 0.517.